The molecule has 2 aromatic carbocycles. The maximum Gasteiger partial charge on any atom is 0.238 e. The average Bonchev–Trinajstić information content (AvgIpc) is 3.20. The predicted octanol–water partition coefficient (Wildman–Crippen LogP) is 2.33. The number of carbonyl (C=O) groups is 2. The topological polar surface area (TPSA) is 78.4 Å². The Kier molecular flexibility index (Phi) is 5.82. The zero-order valence-electron chi connectivity index (χ0n) is 16.3. The molecule has 4 rings (SSSR count). The van der Waals surface area contributed by atoms with Gasteiger partial charge < -0.3 is 10.2 Å². The van der Waals surface area contributed by atoms with E-state index in [9.17, 15) is 9.59 Å². The van der Waals surface area contributed by atoms with E-state index in [0.717, 1.165) is 28.3 Å². The third-order valence-corrected chi connectivity index (χ3v) is 5.67. The van der Waals surface area contributed by atoms with Crippen LogP contribution in [-0.4, -0.2) is 63.1 Å². The minimum atomic E-state index is -0.0788. The fourth-order valence-corrected chi connectivity index (χ4v) is 4.00. The lowest BCUT2D eigenvalue weighted by Crippen LogP contribution is -2.50. The molecule has 8 heteroatoms. The number of aryl methyl sites for hydroxylation is 1. The summed E-state index contributed by atoms with van der Waals surface area (Å²) in [5.41, 5.74) is 4.42. The standard InChI is InChI=1S/C21H23N5O2S/c1-15-5-7-16(8-6-15)13-20(28)26-11-9-25(10-12-26)14-19(27)22-17-3-2-4-18-21(17)24-29-23-18/h2-8H,9-14H2,1H3,(H,22,27). The van der Waals surface area contributed by atoms with Gasteiger partial charge in [0.15, 0.2) is 0 Å². The summed E-state index contributed by atoms with van der Waals surface area (Å²) in [7, 11) is 0. The number of hydrogen-bond acceptors (Lipinski definition) is 6. The molecule has 0 unspecified atom stereocenters. The zero-order valence-corrected chi connectivity index (χ0v) is 17.1. The molecule has 2 heterocycles. The van der Waals surface area contributed by atoms with Gasteiger partial charge in [0.25, 0.3) is 0 Å². The second-order valence-electron chi connectivity index (χ2n) is 7.31. The molecule has 0 aliphatic carbocycles. The van der Waals surface area contributed by atoms with E-state index in [-0.39, 0.29) is 11.8 Å². The van der Waals surface area contributed by atoms with Crippen molar-refractivity contribution in [1.82, 2.24) is 18.5 Å². The lowest BCUT2D eigenvalue weighted by molar-refractivity contribution is -0.132. The van der Waals surface area contributed by atoms with Crippen LogP contribution in [-0.2, 0) is 16.0 Å². The molecular formula is C21H23N5O2S. The third kappa shape index (κ3) is 4.78. The number of hydrogen-bond donors (Lipinski definition) is 1. The van der Waals surface area contributed by atoms with Gasteiger partial charge in [0.1, 0.15) is 11.0 Å². The summed E-state index contributed by atoms with van der Waals surface area (Å²) in [6, 6.07) is 13.6. The molecular weight excluding hydrogens is 386 g/mol. The molecule has 0 bridgehead atoms. The maximum atomic E-state index is 12.5. The van der Waals surface area contributed by atoms with Crippen molar-refractivity contribution in [3.8, 4) is 0 Å². The van der Waals surface area contributed by atoms with Gasteiger partial charge in [0.05, 0.1) is 30.4 Å². The number of piperazine rings is 1. The Hall–Kier alpha value is -2.84. The van der Waals surface area contributed by atoms with Crippen molar-refractivity contribution in [2.45, 2.75) is 13.3 Å². The van der Waals surface area contributed by atoms with E-state index in [1.54, 1.807) is 0 Å². The quantitative estimate of drug-likeness (QED) is 0.700. The van der Waals surface area contributed by atoms with E-state index >= 15 is 0 Å². The second kappa shape index (κ2) is 8.67. The number of anilines is 1. The van der Waals surface area contributed by atoms with Crippen molar-refractivity contribution in [2.75, 3.05) is 38.0 Å². The Labute approximate surface area is 173 Å². The molecule has 1 saturated heterocycles. The van der Waals surface area contributed by atoms with Crippen molar-refractivity contribution in [1.29, 1.82) is 0 Å². The number of fused-ring (bicyclic) bond motifs is 1. The Bertz CT molecular complexity index is 1010. The highest BCUT2D eigenvalue weighted by Gasteiger charge is 2.22. The first-order chi connectivity index (χ1) is 14.1. The Balaban J connectivity index is 1.26. The number of rotatable bonds is 5. The number of nitrogens with one attached hydrogen (secondary N) is 1. The molecule has 0 atom stereocenters. The molecule has 0 radical (unpaired) electrons. The van der Waals surface area contributed by atoms with Crippen molar-refractivity contribution in [3.63, 3.8) is 0 Å². The molecule has 1 aliphatic rings. The summed E-state index contributed by atoms with van der Waals surface area (Å²) in [5, 5.41) is 2.93. The monoisotopic (exact) mass is 409 g/mol. The highest BCUT2D eigenvalue weighted by molar-refractivity contribution is 7.00. The van der Waals surface area contributed by atoms with E-state index in [2.05, 4.69) is 19.0 Å². The smallest absolute Gasteiger partial charge is 0.238 e. The van der Waals surface area contributed by atoms with Gasteiger partial charge in [-0.25, -0.2) is 0 Å². The number of aromatic nitrogens is 2. The molecule has 1 N–H and O–H groups in total. The first-order valence-electron chi connectivity index (χ1n) is 9.65. The normalized spacial score (nSPS) is 14.9. The summed E-state index contributed by atoms with van der Waals surface area (Å²) in [4.78, 5) is 28.9. The van der Waals surface area contributed by atoms with E-state index < -0.39 is 0 Å². The van der Waals surface area contributed by atoms with Crippen molar-refractivity contribution < 1.29 is 9.59 Å². The van der Waals surface area contributed by atoms with Gasteiger partial charge in [0, 0.05) is 26.2 Å². The van der Waals surface area contributed by atoms with Gasteiger partial charge in [0.2, 0.25) is 11.8 Å². The number of carbonyl (C=O) groups excluding carboxylic acids is 2. The lowest BCUT2D eigenvalue weighted by Gasteiger charge is -2.34. The van der Waals surface area contributed by atoms with Crippen molar-refractivity contribution in [3.05, 3.63) is 53.6 Å². The molecule has 7 nitrogen and oxygen atoms in total. The minimum absolute atomic E-state index is 0.0788. The number of benzene rings is 2. The lowest BCUT2D eigenvalue weighted by atomic mass is 10.1. The van der Waals surface area contributed by atoms with Crippen LogP contribution in [0.5, 0.6) is 0 Å². The molecule has 1 aliphatic heterocycles. The molecule has 29 heavy (non-hydrogen) atoms. The Morgan fingerprint density at radius 3 is 2.55 bits per heavy atom. The van der Waals surface area contributed by atoms with Gasteiger partial charge in [-0.3, -0.25) is 14.5 Å². The molecule has 0 saturated carbocycles. The van der Waals surface area contributed by atoms with Gasteiger partial charge in [-0.15, -0.1) is 0 Å². The maximum absolute atomic E-state index is 12.5. The molecule has 1 aromatic heterocycles. The van der Waals surface area contributed by atoms with Crippen LogP contribution in [0.15, 0.2) is 42.5 Å². The van der Waals surface area contributed by atoms with Crippen LogP contribution >= 0.6 is 11.7 Å². The summed E-state index contributed by atoms with van der Waals surface area (Å²) in [5.74, 6) is 0.0607. The largest absolute Gasteiger partial charge is 0.340 e. The van der Waals surface area contributed by atoms with Gasteiger partial charge >= 0.3 is 0 Å². The molecule has 150 valence electrons. The minimum Gasteiger partial charge on any atom is -0.340 e. The van der Waals surface area contributed by atoms with Crippen molar-refractivity contribution >= 4 is 40.3 Å². The van der Waals surface area contributed by atoms with Crippen molar-refractivity contribution in [2.24, 2.45) is 0 Å². The number of nitrogens with zero attached hydrogens (tertiary/aromatic N) is 4. The summed E-state index contributed by atoms with van der Waals surface area (Å²) in [6.07, 6.45) is 0.423. The molecule has 1 fully saturated rings. The Morgan fingerprint density at radius 1 is 1.03 bits per heavy atom. The van der Waals surface area contributed by atoms with Crippen LogP contribution in [0.1, 0.15) is 11.1 Å². The van der Waals surface area contributed by atoms with Gasteiger partial charge in [-0.2, -0.15) is 8.75 Å². The first kappa shape index (κ1) is 19.5. The van der Waals surface area contributed by atoms with Gasteiger partial charge in [-0.05, 0) is 24.6 Å². The second-order valence-corrected chi connectivity index (χ2v) is 7.83. The van der Waals surface area contributed by atoms with Crippen LogP contribution in [0.4, 0.5) is 5.69 Å². The van der Waals surface area contributed by atoms with Crippen LogP contribution in [0, 0.1) is 6.92 Å². The van der Waals surface area contributed by atoms with Crippen LogP contribution in [0.25, 0.3) is 11.0 Å². The van der Waals surface area contributed by atoms with E-state index in [1.807, 2.05) is 54.3 Å². The van der Waals surface area contributed by atoms with E-state index in [1.165, 1.54) is 5.56 Å². The zero-order chi connectivity index (χ0) is 20.2. The van der Waals surface area contributed by atoms with E-state index in [4.69, 9.17) is 0 Å². The fraction of sp³-hybridized carbons (Fsp3) is 0.333. The van der Waals surface area contributed by atoms with E-state index in [0.29, 0.717) is 44.8 Å². The van der Waals surface area contributed by atoms with Gasteiger partial charge in [-0.1, -0.05) is 35.9 Å². The average molecular weight is 410 g/mol. The third-order valence-electron chi connectivity index (χ3n) is 5.13. The molecule has 0 spiro atoms. The highest BCUT2D eigenvalue weighted by Crippen LogP contribution is 2.21. The molecule has 3 aromatic rings. The fourth-order valence-electron chi connectivity index (χ4n) is 3.45. The SMILES string of the molecule is Cc1ccc(CC(=O)N2CCN(CC(=O)Nc3cccc4nsnc34)CC2)cc1. The highest BCUT2D eigenvalue weighted by atomic mass is 32.1. The van der Waals surface area contributed by atoms with Crippen LogP contribution < -0.4 is 5.32 Å². The van der Waals surface area contributed by atoms with Crippen LogP contribution in [0.3, 0.4) is 0 Å². The Morgan fingerprint density at radius 2 is 1.79 bits per heavy atom. The summed E-state index contributed by atoms with van der Waals surface area (Å²) >= 11 is 1.13. The van der Waals surface area contributed by atoms with Crippen LogP contribution in [0.2, 0.25) is 0 Å². The first-order valence-corrected chi connectivity index (χ1v) is 10.4. The summed E-state index contributed by atoms with van der Waals surface area (Å²) in [6.45, 7) is 5.00. The number of amides is 2. The molecule has 2 amide bonds. The predicted molar refractivity (Wildman–Crippen MR) is 114 cm³/mol. The summed E-state index contributed by atoms with van der Waals surface area (Å²) < 4.78 is 8.44.